The molecule has 0 aliphatic carbocycles. The molecule has 0 radical (unpaired) electrons. The molecule has 1 aromatic rings. The van der Waals surface area contributed by atoms with E-state index in [1.54, 1.807) is 24.3 Å². The first-order valence-corrected chi connectivity index (χ1v) is 8.66. The van der Waals surface area contributed by atoms with Crippen molar-refractivity contribution >= 4 is 23.9 Å². The van der Waals surface area contributed by atoms with Crippen LogP contribution in [0.3, 0.4) is 0 Å². The molecule has 27 heavy (non-hydrogen) atoms. The molecular formula is C19H23NO7. The predicted molar refractivity (Wildman–Crippen MR) is 96.3 cm³/mol. The summed E-state index contributed by atoms with van der Waals surface area (Å²) in [6.07, 6.45) is 4.30. The number of amides is 1. The van der Waals surface area contributed by atoms with Gasteiger partial charge in [0.1, 0.15) is 0 Å². The Labute approximate surface area is 157 Å². The summed E-state index contributed by atoms with van der Waals surface area (Å²) in [6, 6.07) is 5.36. The van der Waals surface area contributed by atoms with Crippen molar-refractivity contribution in [3.63, 3.8) is 0 Å². The molecule has 0 aromatic heterocycles. The Balaban J connectivity index is 1.71. The highest BCUT2D eigenvalue weighted by molar-refractivity contribution is 5.89. The first kappa shape index (κ1) is 20.3. The van der Waals surface area contributed by atoms with Crippen LogP contribution in [0.4, 0.5) is 0 Å². The van der Waals surface area contributed by atoms with E-state index in [9.17, 15) is 14.4 Å². The van der Waals surface area contributed by atoms with Gasteiger partial charge in [0.15, 0.2) is 18.1 Å². The van der Waals surface area contributed by atoms with Crippen molar-refractivity contribution in [1.29, 1.82) is 0 Å². The highest BCUT2D eigenvalue weighted by Crippen LogP contribution is 2.30. The number of esters is 2. The van der Waals surface area contributed by atoms with Gasteiger partial charge in [0.2, 0.25) is 0 Å². The Morgan fingerprint density at radius 1 is 1.19 bits per heavy atom. The van der Waals surface area contributed by atoms with Gasteiger partial charge < -0.3 is 24.3 Å². The molecule has 1 amide bonds. The molecule has 1 aliphatic heterocycles. The van der Waals surface area contributed by atoms with E-state index in [0.717, 1.165) is 12.0 Å². The summed E-state index contributed by atoms with van der Waals surface area (Å²) in [5.41, 5.74) is 0.753. The summed E-state index contributed by atoms with van der Waals surface area (Å²) >= 11 is 0. The van der Waals surface area contributed by atoms with Crippen molar-refractivity contribution in [1.82, 2.24) is 5.32 Å². The second-order valence-corrected chi connectivity index (χ2v) is 5.73. The number of hydrogen-bond donors (Lipinski definition) is 1. The number of nitrogens with one attached hydrogen (secondary N) is 1. The van der Waals surface area contributed by atoms with Gasteiger partial charge in [-0.15, -0.1) is 0 Å². The maximum Gasteiger partial charge on any atom is 0.331 e. The average Bonchev–Trinajstić information content (AvgIpc) is 2.92. The van der Waals surface area contributed by atoms with Gasteiger partial charge in [-0.25, -0.2) is 4.79 Å². The number of methoxy groups -OCH3 is 1. The van der Waals surface area contributed by atoms with Crippen molar-refractivity contribution in [2.24, 2.45) is 0 Å². The molecule has 0 unspecified atom stereocenters. The van der Waals surface area contributed by atoms with Gasteiger partial charge in [-0.3, -0.25) is 9.59 Å². The molecule has 1 aliphatic rings. The largest absolute Gasteiger partial charge is 0.490 e. The van der Waals surface area contributed by atoms with Crippen LogP contribution in [0.25, 0.3) is 6.08 Å². The van der Waals surface area contributed by atoms with Gasteiger partial charge in [-0.2, -0.15) is 0 Å². The number of rotatable bonds is 8. The van der Waals surface area contributed by atoms with Crippen LogP contribution in [0, 0.1) is 0 Å². The van der Waals surface area contributed by atoms with E-state index in [1.807, 2.05) is 0 Å². The summed E-state index contributed by atoms with van der Waals surface area (Å²) in [6.45, 7) is 1.11. The van der Waals surface area contributed by atoms with Crippen molar-refractivity contribution in [3.05, 3.63) is 29.8 Å². The van der Waals surface area contributed by atoms with Gasteiger partial charge in [-0.1, -0.05) is 6.07 Å². The molecule has 0 spiro atoms. The van der Waals surface area contributed by atoms with Crippen LogP contribution in [0.15, 0.2) is 24.3 Å². The maximum atomic E-state index is 11.7. The van der Waals surface area contributed by atoms with Crippen molar-refractivity contribution < 1.29 is 33.3 Å². The Morgan fingerprint density at radius 2 is 1.96 bits per heavy atom. The molecule has 1 N–H and O–H groups in total. The standard InChI is InChI=1S/C19H23NO7/c1-24-18(22)4-2-9-20-17(21)13-27-19(23)8-6-14-5-7-15-16(12-14)26-11-3-10-25-15/h5-8,12H,2-4,9-11,13H2,1H3,(H,20,21)/b8-6+. The second-order valence-electron chi connectivity index (χ2n) is 5.73. The van der Waals surface area contributed by atoms with Gasteiger partial charge in [-0.05, 0) is 30.2 Å². The molecule has 0 fully saturated rings. The SMILES string of the molecule is COC(=O)CCCNC(=O)COC(=O)/C=C/c1ccc2c(c1)OCCCO2. The lowest BCUT2D eigenvalue weighted by molar-refractivity contribution is -0.143. The smallest absolute Gasteiger partial charge is 0.331 e. The van der Waals surface area contributed by atoms with Crippen LogP contribution >= 0.6 is 0 Å². The van der Waals surface area contributed by atoms with E-state index >= 15 is 0 Å². The lowest BCUT2D eigenvalue weighted by Crippen LogP contribution is -2.29. The Bertz CT molecular complexity index is 699. The number of fused-ring (bicyclic) bond motifs is 1. The fourth-order valence-electron chi connectivity index (χ4n) is 2.25. The Kier molecular flexibility index (Phi) is 8.15. The second kappa shape index (κ2) is 10.8. The van der Waals surface area contributed by atoms with Crippen LogP contribution in [0.1, 0.15) is 24.8 Å². The lowest BCUT2D eigenvalue weighted by atomic mass is 10.2. The third kappa shape index (κ3) is 7.39. The number of carbonyl (C=O) groups excluding carboxylic acids is 3. The van der Waals surface area contributed by atoms with Crippen LogP contribution in [-0.4, -0.2) is 51.3 Å². The molecule has 0 saturated carbocycles. The van der Waals surface area contributed by atoms with Gasteiger partial charge in [0.25, 0.3) is 5.91 Å². The highest BCUT2D eigenvalue weighted by Gasteiger charge is 2.10. The minimum Gasteiger partial charge on any atom is -0.490 e. The van der Waals surface area contributed by atoms with E-state index < -0.39 is 11.9 Å². The summed E-state index contributed by atoms with van der Waals surface area (Å²) in [5.74, 6) is -0.0926. The van der Waals surface area contributed by atoms with E-state index in [0.29, 0.717) is 37.7 Å². The summed E-state index contributed by atoms with van der Waals surface area (Å²) in [5, 5.41) is 2.55. The molecule has 0 saturated heterocycles. The zero-order valence-corrected chi connectivity index (χ0v) is 15.2. The third-order valence-electron chi connectivity index (χ3n) is 3.64. The van der Waals surface area contributed by atoms with Crippen LogP contribution in [0.5, 0.6) is 11.5 Å². The van der Waals surface area contributed by atoms with Crippen LogP contribution in [0.2, 0.25) is 0 Å². The maximum absolute atomic E-state index is 11.7. The molecule has 2 rings (SSSR count). The van der Waals surface area contributed by atoms with Gasteiger partial charge in [0.05, 0.1) is 20.3 Å². The molecule has 1 aromatic carbocycles. The third-order valence-corrected chi connectivity index (χ3v) is 3.64. The molecule has 8 heteroatoms. The zero-order chi connectivity index (χ0) is 19.5. The number of ether oxygens (including phenoxy) is 4. The van der Waals surface area contributed by atoms with Crippen molar-refractivity contribution in [2.45, 2.75) is 19.3 Å². The minimum absolute atomic E-state index is 0.217. The van der Waals surface area contributed by atoms with E-state index in [2.05, 4.69) is 10.1 Å². The average molecular weight is 377 g/mol. The predicted octanol–water partition coefficient (Wildman–Crippen LogP) is 1.47. The number of benzene rings is 1. The first-order chi connectivity index (χ1) is 13.1. The summed E-state index contributed by atoms with van der Waals surface area (Å²) in [4.78, 5) is 34.2. The first-order valence-electron chi connectivity index (χ1n) is 8.66. The Morgan fingerprint density at radius 3 is 2.74 bits per heavy atom. The summed E-state index contributed by atoms with van der Waals surface area (Å²) < 4.78 is 20.5. The monoisotopic (exact) mass is 377 g/mol. The molecular weight excluding hydrogens is 354 g/mol. The van der Waals surface area contributed by atoms with Crippen molar-refractivity contribution in [3.8, 4) is 11.5 Å². The minimum atomic E-state index is -0.633. The number of hydrogen-bond acceptors (Lipinski definition) is 7. The molecule has 1 heterocycles. The quantitative estimate of drug-likeness (QED) is 0.416. The summed E-state index contributed by atoms with van der Waals surface area (Å²) in [7, 11) is 1.31. The normalized spacial score (nSPS) is 12.9. The molecule has 8 nitrogen and oxygen atoms in total. The van der Waals surface area contributed by atoms with Crippen LogP contribution < -0.4 is 14.8 Å². The fourth-order valence-corrected chi connectivity index (χ4v) is 2.25. The van der Waals surface area contributed by atoms with E-state index in [1.165, 1.54) is 13.2 Å². The highest BCUT2D eigenvalue weighted by atomic mass is 16.5. The topological polar surface area (TPSA) is 100 Å². The zero-order valence-electron chi connectivity index (χ0n) is 15.2. The lowest BCUT2D eigenvalue weighted by Gasteiger charge is -2.07. The Hall–Kier alpha value is -3.03. The molecule has 0 atom stereocenters. The van der Waals surface area contributed by atoms with E-state index in [4.69, 9.17) is 14.2 Å². The molecule has 146 valence electrons. The van der Waals surface area contributed by atoms with Gasteiger partial charge in [0, 0.05) is 25.5 Å². The van der Waals surface area contributed by atoms with Crippen LogP contribution in [-0.2, 0) is 23.9 Å². The van der Waals surface area contributed by atoms with E-state index in [-0.39, 0.29) is 19.0 Å². The van der Waals surface area contributed by atoms with Crippen molar-refractivity contribution in [2.75, 3.05) is 33.5 Å². The molecule has 0 bridgehead atoms. The van der Waals surface area contributed by atoms with Gasteiger partial charge >= 0.3 is 11.9 Å². The fraction of sp³-hybridized carbons (Fsp3) is 0.421. The number of carbonyl (C=O) groups is 3.